The quantitative estimate of drug-likeness (QED) is 0.623. The van der Waals surface area contributed by atoms with E-state index in [9.17, 15) is 9.59 Å². The van der Waals surface area contributed by atoms with Crippen molar-refractivity contribution in [2.45, 2.75) is 6.54 Å². The molecule has 0 bridgehead atoms. The number of urea groups is 1. The molecule has 19 heavy (non-hydrogen) atoms. The van der Waals surface area contributed by atoms with Gasteiger partial charge in [-0.1, -0.05) is 11.3 Å². The fraction of sp³-hybridized carbons (Fsp3) is 0.100. The Morgan fingerprint density at radius 1 is 1.37 bits per heavy atom. The summed E-state index contributed by atoms with van der Waals surface area (Å²) in [6.07, 6.45) is 0. The van der Waals surface area contributed by atoms with Crippen molar-refractivity contribution in [2.24, 2.45) is 0 Å². The average Bonchev–Trinajstić information content (AvgIpc) is 2.90. The number of carbonyl (C=O) groups excluding carboxylic acids is 1. The molecule has 0 fully saturated rings. The summed E-state index contributed by atoms with van der Waals surface area (Å²) in [5.41, 5.74) is 0.474. The van der Waals surface area contributed by atoms with Gasteiger partial charge >= 0.3 is 12.0 Å². The molecule has 2 amide bonds. The fourth-order valence-corrected chi connectivity index (χ4v) is 1.32. The molecule has 9 nitrogen and oxygen atoms in total. The number of aromatic carboxylic acids is 1. The van der Waals surface area contributed by atoms with Gasteiger partial charge in [0.05, 0.1) is 12.1 Å². The Bertz CT molecular complexity index is 583. The summed E-state index contributed by atoms with van der Waals surface area (Å²) in [5, 5.41) is 26.7. The van der Waals surface area contributed by atoms with E-state index < -0.39 is 12.0 Å². The lowest BCUT2D eigenvalue weighted by Gasteiger charge is -2.06. The van der Waals surface area contributed by atoms with Crippen LogP contribution in [0.15, 0.2) is 24.3 Å². The van der Waals surface area contributed by atoms with Crippen LogP contribution in [0.3, 0.4) is 0 Å². The molecule has 98 valence electrons. The highest BCUT2D eigenvalue weighted by atomic mass is 16.4. The predicted molar refractivity (Wildman–Crippen MR) is 63.4 cm³/mol. The third-order valence-electron chi connectivity index (χ3n) is 2.16. The molecule has 4 N–H and O–H groups in total. The summed E-state index contributed by atoms with van der Waals surface area (Å²) in [5.74, 6) is -0.717. The van der Waals surface area contributed by atoms with E-state index in [4.69, 9.17) is 5.11 Å². The maximum atomic E-state index is 11.5. The van der Waals surface area contributed by atoms with Crippen LogP contribution in [0, 0.1) is 0 Å². The van der Waals surface area contributed by atoms with Crippen LogP contribution in [0.2, 0.25) is 0 Å². The number of H-pyrrole nitrogens is 1. The van der Waals surface area contributed by atoms with Gasteiger partial charge in [-0.15, -0.1) is 10.2 Å². The van der Waals surface area contributed by atoms with Gasteiger partial charge in [-0.05, 0) is 18.2 Å². The minimum Gasteiger partial charge on any atom is -0.478 e. The first-order chi connectivity index (χ1) is 9.15. The summed E-state index contributed by atoms with van der Waals surface area (Å²) in [4.78, 5) is 22.3. The molecule has 9 heteroatoms. The molecule has 0 saturated heterocycles. The SMILES string of the molecule is O=C(NCc1nn[nH]n1)Nc1cccc(C(=O)O)c1. The maximum absolute atomic E-state index is 11.5. The second-order valence-corrected chi connectivity index (χ2v) is 3.52. The van der Waals surface area contributed by atoms with Gasteiger partial charge in [-0.25, -0.2) is 9.59 Å². The summed E-state index contributed by atoms with van der Waals surface area (Å²) in [7, 11) is 0. The topological polar surface area (TPSA) is 133 Å². The highest BCUT2D eigenvalue weighted by Gasteiger charge is 2.06. The van der Waals surface area contributed by atoms with Crippen molar-refractivity contribution >= 4 is 17.7 Å². The second kappa shape index (κ2) is 5.58. The smallest absolute Gasteiger partial charge is 0.335 e. The number of benzene rings is 1. The van der Waals surface area contributed by atoms with Gasteiger partial charge < -0.3 is 15.7 Å². The molecule has 1 aromatic carbocycles. The van der Waals surface area contributed by atoms with Crippen LogP contribution >= 0.6 is 0 Å². The average molecular weight is 262 g/mol. The van der Waals surface area contributed by atoms with E-state index in [1.807, 2.05) is 0 Å². The molecule has 0 atom stereocenters. The monoisotopic (exact) mass is 262 g/mol. The molecule has 0 aliphatic heterocycles. The number of nitrogens with zero attached hydrogens (tertiary/aromatic N) is 3. The minimum atomic E-state index is -1.06. The van der Waals surface area contributed by atoms with Gasteiger partial charge in [0, 0.05) is 5.69 Å². The zero-order valence-corrected chi connectivity index (χ0v) is 9.62. The molecule has 2 rings (SSSR count). The number of amides is 2. The van der Waals surface area contributed by atoms with Crippen molar-refractivity contribution in [3.8, 4) is 0 Å². The molecule has 0 aliphatic carbocycles. The van der Waals surface area contributed by atoms with E-state index in [0.29, 0.717) is 11.5 Å². The van der Waals surface area contributed by atoms with Gasteiger partial charge in [0.2, 0.25) is 0 Å². The molecule has 0 saturated carbocycles. The van der Waals surface area contributed by atoms with Crippen LogP contribution in [0.25, 0.3) is 0 Å². The van der Waals surface area contributed by atoms with Crippen LogP contribution in [0.1, 0.15) is 16.2 Å². The number of anilines is 1. The van der Waals surface area contributed by atoms with E-state index in [-0.39, 0.29) is 12.1 Å². The van der Waals surface area contributed by atoms with Crippen molar-refractivity contribution < 1.29 is 14.7 Å². The number of aromatic nitrogens is 4. The Morgan fingerprint density at radius 2 is 2.21 bits per heavy atom. The molecule has 1 heterocycles. The Balaban J connectivity index is 1.91. The lowest BCUT2D eigenvalue weighted by atomic mass is 10.2. The van der Waals surface area contributed by atoms with Gasteiger partial charge in [-0.2, -0.15) is 5.21 Å². The first-order valence-corrected chi connectivity index (χ1v) is 5.25. The number of carbonyl (C=O) groups is 2. The fourth-order valence-electron chi connectivity index (χ4n) is 1.32. The number of carboxylic acid groups (broad SMARTS) is 1. The third-order valence-corrected chi connectivity index (χ3v) is 2.16. The van der Waals surface area contributed by atoms with Crippen LogP contribution in [-0.2, 0) is 6.54 Å². The minimum absolute atomic E-state index is 0.0935. The molecular formula is C10H10N6O3. The standard InChI is InChI=1S/C10H10N6O3/c17-9(18)6-2-1-3-7(4-6)12-10(19)11-5-8-13-15-16-14-8/h1-4H,5H2,(H,17,18)(H2,11,12,19)(H,13,14,15,16). The highest BCUT2D eigenvalue weighted by molar-refractivity contribution is 5.93. The highest BCUT2D eigenvalue weighted by Crippen LogP contribution is 2.10. The van der Waals surface area contributed by atoms with E-state index in [0.717, 1.165) is 0 Å². The molecule has 0 spiro atoms. The second-order valence-electron chi connectivity index (χ2n) is 3.52. The Hall–Kier alpha value is -2.97. The van der Waals surface area contributed by atoms with Gasteiger partial charge in [0.1, 0.15) is 0 Å². The predicted octanol–water partition coefficient (Wildman–Crippen LogP) is 0.220. The van der Waals surface area contributed by atoms with Crippen molar-refractivity contribution in [3.05, 3.63) is 35.7 Å². The number of nitrogens with one attached hydrogen (secondary N) is 3. The Labute approximate surface area is 107 Å². The van der Waals surface area contributed by atoms with E-state index in [1.165, 1.54) is 18.2 Å². The Kier molecular flexibility index (Phi) is 3.67. The first kappa shape index (κ1) is 12.5. The number of aromatic amines is 1. The van der Waals surface area contributed by atoms with Crippen molar-refractivity contribution in [2.75, 3.05) is 5.32 Å². The van der Waals surface area contributed by atoms with Gasteiger partial charge in [0.15, 0.2) is 5.82 Å². The maximum Gasteiger partial charge on any atom is 0.335 e. The molecular weight excluding hydrogens is 252 g/mol. The molecule has 2 aromatic rings. The zero-order valence-electron chi connectivity index (χ0n) is 9.62. The summed E-state index contributed by atoms with van der Waals surface area (Å²) in [6.45, 7) is 0.112. The number of rotatable bonds is 4. The van der Waals surface area contributed by atoms with E-state index in [2.05, 4.69) is 31.3 Å². The van der Waals surface area contributed by atoms with Crippen LogP contribution < -0.4 is 10.6 Å². The largest absolute Gasteiger partial charge is 0.478 e. The van der Waals surface area contributed by atoms with Crippen LogP contribution in [0.5, 0.6) is 0 Å². The molecule has 0 radical (unpaired) electrons. The zero-order chi connectivity index (χ0) is 13.7. The van der Waals surface area contributed by atoms with Crippen molar-refractivity contribution in [1.29, 1.82) is 0 Å². The van der Waals surface area contributed by atoms with Gasteiger partial charge in [0.25, 0.3) is 0 Å². The number of hydrogen-bond donors (Lipinski definition) is 4. The number of hydrogen-bond acceptors (Lipinski definition) is 5. The Morgan fingerprint density at radius 3 is 2.89 bits per heavy atom. The number of carboxylic acids is 1. The van der Waals surface area contributed by atoms with Crippen molar-refractivity contribution in [3.63, 3.8) is 0 Å². The van der Waals surface area contributed by atoms with Crippen LogP contribution in [-0.4, -0.2) is 37.7 Å². The molecule has 0 unspecified atom stereocenters. The summed E-state index contributed by atoms with van der Waals surface area (Å²) in [6, 6.07) is 5.42. The normalized spacial score (nSPS) is 9.89. The van der Waals surface area contributed by atoms with Gasteiger partial charge in [-0.3, -0.25) is 0 Å². The third kappa shape index (κ3) is 3.49. The van der Waals surface area contributed by atoms with E-state index in [1.54, 1.807) is 6.07 Å². The lowest BCUT2D eigenvalue weighted by molar-refractivity contribution is 0.0697. The molecule has 1 aromatic heterocycles. The molecule has 0 aliphatic rings. The number of tetrazole rings is 1. The summed E-state index contributed by atoms with van der Waals surface area (Å²) < 4.78 is 0. The lowest BCUT2D eigenvalue weighted by Crippen LogP contribution is -2.28. The first-order valence-electron chi connectivity index (χ1n) is 5.25. The van der Waals surface area contributed by atoms with Crippen LogP contribution in [0.4, 0.5) is 10.5 Å². The van der Waals surface area contributed by atoms with E-state index >= 15 is 0 Å². The summed E-state index contributed by atoms with van der Waals surface area (Å²) >= 11 is 0. The van der Waals surface area contributed by atoms with Crippen molar-refractivity contribution in [1.82, 2.24) is 25.9 Å².